The van der Waals surface area contributed by atoms with Gasteiger partial charge < -0.3 is 9.47 Å². The van der Waals surface area contributed by atoms with Crippen molar-refractivity contribution >= 4 is 16.7 Å². The number of hydrogen-bond acceptors (Lipinski definition) is 4. The third kappa shape index (κ3) is 3.31. The number of fused-ring (bicyclic) bond motifs is 1. The Morgan fingerprint density at radius 2 is 1.87 bits per heavy atom. The highest BCUT2D eigenvalue weighted by Gasteiger charge is 2.10. The van der Waals surface area contributed by atoms with Gasteiger partial charge in [0.2, 0.25) is 0 Å². The van der Waals surface area contributed by atoms with Crippen LogP contribution in [0.3, 0.4) is 0 Å². The third-order valence-electron chi connectivity index (χ3n) is 3.56. The molecule has 23 heavy (non-hydrogen) atoms. The predicted molar refractivity (Wildman–Crippen MR) is 89.3 cm³/mol. The van der Waals surface area contributed by atoms with E-state index in [-0.39, 0.29) is 12.4 Å². The smallest absolute Gasteiger partial charge is 0.200 e. The normalized spacial score (nSPS) is 10.5. The molecule has 3 aromatic rings. The molecule has 0 saturated heterocycles. The molecule has 4 heteroatoms. The largest absolute Gasteiger partial charge is 0.497 e. The van der Waals surface area contributed by atoms with Gasteiger partial charge in [-0.3, -0.25) is 9.78 Å². The Bertz CT molecular complexity index is 844. The lowest BCUT2D eigenvalue weighted by molar-refractivity contribution is 0.0922. The van der Waals surface area contributed by atoms with E-state index in [1.54, 1.807) is 19.2 Å². The number of carbonyl (C=O) groups is 1. The summed E-state index contributed by atoms with van der Waals surface area (Å²) in [6.07, 6.45) is 0. The zero-order chi connectivity index (χ0) is 16.2. The maximum Gasteiger partial charge on any atom is 0.200 e. The van der Waals surface area contributed by atoms with Crippen LogP contribution >= 0.6 is 0 Å². The molecule has 0 spiro atoms. The highest BCUT2D eigenvalue weighted by molar-refractivity contribution is 5.97. The summed E-state index contributed by atoms with van der Waals surface area (Å²) in [4.78, 5) is 16.7. The summed E-state index contributed by atoms with van der Waals surface area (Å²) in [5.41, 5.74) is 2.29. The van der Waals surface area contributed by atoms with Gasteiger partial charge in [-0.25, -0.2) is 0 Å². The lowest BCUT2D eigenvalue weighted by atomic mass is 10.1. The highest BCUT2D eigenvalue weighted by Crippen LogP contribution is 2.29. The number of rotatable bonds is 5. The Morgan fingerprint density at radius 3 is 2.61 bits per heavy atom. The molecule has 2 aromatic carbocycles. The van der Waals surface area contributed by atoms with Crippen LogP contribution in [0, 0.1) is 6.92 Å². The lowest BCUT2D eigenvalue weighted by Gasteiger charge is -2.11. The molecule has 116 valence electrons. The summed E-state index contributed by atoms with van der Waals surface area (Å²) >= 11 is 0. The average Bonchev–Trinajstić information content (AvgIpc) is 2.59. The van der Waals surface area contributed by atoms with Gasteiger partial charge >= 0.3 is 0 Å². The van der Waals surface area contributed by atoms with Crippen molar-refractivity contribution < 1.29 is 14.3 Å². The van der Waals surface area contributed by atoms with E-state index in [4.69, 9.17) is 9.47 Å². The second-order valence-electron chi connectivity index (χ2n) is 5.22. The second kappa shape index (κ2) is 6.48. The summed E-state index contributed by atoms with van der Waals surface area (Å²) in [5, 5.41) is 0.829. The van der Waals surface area contributed by atoms with Gasteiger partial charge in [0.05, 0.1) is 12.6 Å². The molecule has 0 bridgehead atoms. The van der Waals surface area contributed by atoms with Crippen molar-refractivity contribution in [1.82, 2.24) is 4.98 Å². The Balaban J connectivity index is 1.88. The van der Waals surface area contributed by atoms with Gasteiger partial charge in [0, 0.05) is 22.7 Å². The first-order valence-electron chi connectivity index (χ1n) is 7.34. The monoisotopic (exact) mass is 307 g/mol. The fourth-order valence-corrected chi connectivity index (χ4v) is 2.40. The minimum atomic E-state index is -0.0592. The maximum atomic E-state index is 12.2. The van der Waals surface area contributed by atoms with E-state index >= 15 is 0 Å². The van der Waals surface area contributed by atoms with E-state index in [9.17, 15) is 4.79 Å². The van der Waals surface area contributed by atoms with E-state index in [0.29, 0.717) is 11.3 Å². The molecule has 0 aliphatic rings. The predicted octanol–water partition coefficient (Wildman–Crippen LogP) is 3.81. The van der Waals surface area contributed by atoms with E-state index in [1.807, 2.05) is 49.4 Å². The molecule has 0 N–H and O–H groups in total. The number of aryl methyl sites for hydroxylation is 1. The van der Waals surface area contributed by atoms with E-state index in [2.05, 4.69) is 4.98 Å². The first-order chi connectivity index (χ1) is 11.2. The molecule has 3 rings (SSSR count). The number of methoxy groups -OCH3 is 1. The molecule has 0 aliphatic carbocycles. The van der Waals surface area contributed by atoms with Crippen LogP contribution < -0.4 is 9.47 Å². The van der Waals surface area contributed by atoms with Crippen molar-refractivity contribution in [3.8, 4) is 11.5 Å². The van der Waals surface area contributed by atoms with Crippen LogP contribution in [-0.4, -0.2) is 24.5 Å². The molecule has 1 aromatic heterocycles. The van der Waals surface area contributed by atoms with Crippen LogP contribution in [0.4, 0.5) is 0 Å². The zero-order valence-corrected chi connectivity index (χ0v) is 13.1. The first-order valence-corrected chi connectivity index (χ1v) is 7.34. The van der Waals surface area contributed by atoms with Gasteiger partial charge in [-0.15, -0.1) is 0 Å². The molecule has 0 radical (unpaired) electrons. The molecular formula is C19H17NO3. The number of carbonyl (C=O) groups excluding carboxylic acids is 1. The molecule has 0 atom stereocenters. The number of benzene rings is 2. The number of ketones is 1. The van der Waals surface area contributed by atoms with Crippen LogP contribution in [0.2, 0.25) is 0 Å². The molecule has 0 unspecified atom stereocenters. The number of pyridine rings is 1. The van der Waals surface area contributed by atoms with Gasteiger partial charge in [0.1, 0.15) is 11.5 Å². The van der Waals surface area contributed by atoms with Gasteiger partial charge in [-0.1, -0.05) is 30.3 Å². The van der Waals surface area contributed by atoms with Crippen LogP contribution in [0.15, 0.2) is 54.6 Å². The summed E-state index contributed by atoms with van der Waals surface area (Å²) in [6, 6.07) is 16.6. The zero-order valence-electron chi connectivity index (χ0n) is 13.1. The van der Waals surface area contributed by atoms with Crippen molar-refractivity contribution in [3.63, 3.8) is 0 Å². The quantitative estimate of drug-likeness (QED) is 0.672. The maximum absolute atomic E-state index is 12.2. The number of aromatic nitrogens is 1. The fraction of sp³-hybridized carbons (Fsp3) is 0.158. The molecule has 0 aliphatic heterocycles. The van der Waals surface area contributed by atoms with Crippen LogP contribution in [0.25, 0.3) is 10.9 Å². The molecule has 4 nitrogen and oxygen atoms in total. The Kier molecular flexibility index (Phi) is 4.24. The molecule has 0 fully saturated rings. The molecule has 1 heterocycles. The minimum Gasteiger partial charge on any atom is -0.497 e. The number of nitrogens with zero attached hydrogens (tertiary/aromatic N) is 1. The number of hydrogen-bond donors (Lipinski definition) is 0. The van der Waals surface area contributed by atoms with Crippen LogP contribution in [0.5, 0.6) is 11.5 Å². The highest BCUT2D eigenvalue weighted by atomic mass is 16.5. The van der Waals surface area contributed by atoms with E-state index in [0.717, 1.165) is 22.3 Å². The van der Waals surface area contributed by atoms with Crippen LogP contribution in [0.1, 0.15) is 16.1 Å². The summed E-state index contributed by atoms with van der Waals surface area (Å²) < 4.78 is 11.0. The fourth-order valence-electron chi connectivity index (χ4n) is 2.40. The second-order valence-corrected chi connectivity index (χ2v) is 5.22. The lowest BCUT2D eigenvalue weighted by Crippen LogP contribution is -2.11. The average molecular weight is 307 g/mol. The number of ether oxygens (including phenoxy) is 2. The topological polar surface area (TPSA) is 48.4 Å². The minimum absolute atomic E-state index is 0.0141. The Morgan fingerprint density at radius 1 is 1.09 bits per heavy atom. The van der Waals surface area contributed by atoms with Crippen molar-refractivity contribution in [3.05, 3.63) is 65.9 Å². The van der Waals surface area contributed by atoms with Crippen molar-refractivity contribution in [2.24, 2.45) is 0 Å². The van der Waals surface area contributed by atoms with E-state index < -0.39 is 0 Å². The van der Waals surface area contributed by atoms with Crippen molar-refractivity contribution in [2.45, 2.75) is 6.92 Å². The van der Waals surface area contributed by atoms with Gasteiger partial charge in [-0.05, 0) is 25.1 Å². The summed E-state index contributed by atoms with van der Waals surface area (Å²) in [7, 11) is 1.61. The van der Waals surface area contributed by atoms with Gasteiger partial charge in [0.25, 0.3) is 0 Å². The van der Waals surface area contributed by atoms with Crippen molar-refractivity contribution in [1.29, 1.82) is 0 Å². The van der Waals surface area contributed by atoms with Gasteiger partial charge in [0.15, 0.2) is 12.4 Å². The Labute approximate surface area is 134 Å². The molecule has 0 saturated carbocycles. The summed E-state index contributed by atoms with van der Waals surface area (Å²) in [5.74, 6) is 1.30. The van der Waals surface area contributed by atoms with Crippen LogP contribution in [-0.2, 0) is 0 Å². The molecule has 0 amide bonds. The Hall–Kier alpha value is -2.88. The first kappa shape index (κ1) is 15.0. The van der Waals surface area contributed by atoms with Gasteiger partial charge in [-0.2, -0.15) is 0 Å². The standard InChI is InChI=1S/C19H17NO3/c1-13-10-19(16-11-15(22-2)8-9-17(16)20-13)23-12-18(21)14-6-4-3-5-7-14/h3-11H,12H2,1-2H3. The van der Waals surface area contributed by atoms with E-state index in [1.165, 1.54) is 0 Å². The summed E-state index contributed by atoms with van der Waals surface area (Å²) in [6.45, 7) is 1.88. The van der Waals surface area contributed by atoms with Crippen molar-refractivity contribution in [2.75, 3.05) is 13.7 Å². The number of Topliss-reactive ketones (excluding diaryl/α,β-unsaturated/α-hetero) is 1. The SMILES string of the molecule is COc1ccc2nc(C)cc(OCC(=O)c3ccccc3)c2c1. The third-order valence-corrected chi connectivity index (χ3v) is 3.56. The molecular weight excluding hydrogens is 290 g/mol.